The van der Waals surface area contributed by atoms with Crippen molar-refractivity contribution in [3.05, 3.63) is 90.0 Å². The summed E-state index contributed by atoms with van der Waals surface area (Å²) >= 11 is 0. The molecule has 1 aliphatic rings. The first-order valence-corrected chi connectivity index (χ1v) is 10.2. The molecule has 2 unspecified atom stereocenters. The predicted octanol–water partition coefficient (Wildman–Crippen LogP) is 4.29. The van der Waals surface area contributed by atoms with Gasteiger partial charge in [0.25, 0.3) is 5.82 Å². The molecular weight excluding hydrogens is 384 g/mol. The van der Waals surface area contributed by atoms with Crippen molar-refractivity contribution >= 4 is 5.91 Å². The average molecular weight is 410 g/mol. The fourth-order valence-corrected chi connectivity index (χ4v) is 5.21. The van der Waals surface area contributed by atoms with Crippen LogP contribution in [0.2, 0.25) is 0 Å². The first kappa shape index (κ1) is 20.3. The number of carbonyl (C=O) groups is 1. The van der Waals surface area contributed by atoms with Crippen LogP contribution in [0.5, 0.6) is 0 Å². The highest BCUT2D eigenvalue weighted by Gasteiger charge is 2.51. The van der Waals surface area contributed by atoms with Crippen LogP contribution < -0.4 is 10.3 Å². The van der Waals surface area contributed by atoms with Crippen molar-refractivity contribution in [3.63, 3.8) is 0 Å². The van der Waals surface area contributed by atoms with Crippen LogP contribution in [-0.2, 0) is 10.2 Å². The maximum atomic E-state index is 13.2. The topological polar surface area (TPSA) is 51.9 Å². The first-order chi connectivity index (χ1) is 14.5. The lowest BCUT2D eigenvalue weighted by Gasteiger charge is -2.37. The van der Waals surface area contributed by atoms with Gasteiger partial charge in [0.05, 0.1) is 0 Å². The molecule has 0 radical (unpaired) electrons. The lowest BCUT2D eigenvalue weighted by Crippen LogP contribution is -2.48. The maximum absolute atomic E-state index is 13.2. The molecule has 3 aromatic rings. The number of benzene rings is 2. The van der Waals surface area contributed by atoms with Crippen molar-refractivity contribution in [1.82, 2.24) is 4.57 Å². The quantitative estimate of drug-likeness (QED) is 0.606. The third-order valence-corrected chi connectivity index (χ3v) is 6.60. The Bertz CT molecular complexity index is 978. The summed E-state index contributed by atoms with van der Waals surface area (Å²) < 4.78 is 29.3. The number of rotatable bonds is 6. The van der Waals surface area contributed by atoms with E-state index in [0.717, 1.165) is 28.5 Å². The van der Waals surface area contributed by atoms with E-state index in [9.17, 15) is 13.6 Å². The Labute approximate surface area is 175 Å². The SMILES string of the molecule is Cc1n(C(F)F)cc[n+]1C1CCC(C(C(N)=O)(c2ccccc2)c2ccccc2)C1. The van der Waals surface area contributed by atoms with E-state index in [1.807, 2.05) is 65.2 Å². The minimum absolute atomic E-state index is 0.0356. The molecule has 2 N–H and O–H groups in total. The highest BCUT2D eigenvalue weighted by Crippen LogP contribution is 2.48. The van der Waals surface area contributed by atoms with Crippen LogP contribution in [0.3, 0.4) is 0 Å². The van der Waals surface area contributed by atoms with Crippen LogP contribution in [-0.4, -0.2) is 10.5 Å². The Morgan fingerprint density at radius 1 is 1.07 bits per heavy atom. The number of carbonyl (C=O) groups excluding carboxylic acids is 1. The Morgan fingerprint density at radius 2 is 1.63 bits per heavy atom. The Morgan fingerprint density at radius 3 is 2.10 bits per heavy atom. The molecule has 4 nitrogen and oxygen atoms in total. The number of hydrogen-bond donors (Lipinski definition) is 1. The van der Waals surface area contributed by atoms with Crippen LogP contribution >= 0.6 is 0 Å². The molecule has 0 bridgehead atoms. The summed E-state index contributed by atoms with van der Waals surface area (Å²) in [5.74, 6) is 0.101. The summed E-state index contributed by atoms with van der Waals surface area (Å²) in [7, 11) is 0. The van der Waals surface area contributed by atoms with Crippen molar-refractivity contribution in [1.29, 1.82) is 0 Å². The van der Waals surface area contributed by atoms with Gasteiger partial charge in [0, 0.05) is 6.92 Å². The van der Waals surface area contributed by atoms with Gasteiger partial charge in [-0.3, -0.25) is 4.79 Å². The van der Waals surface area contributed by atoms with Crippen molar-refractivity contribution in [3.8, 4) is 0 Å². The zero-order valence-electron chi connectivity index (χ0n) is 16.9. The van der Waals surface area contributed by atoms with E-state index in [1.165, 1.54) is 6.20 Å². The summed E-state index contributed by atoms with van der Waals surface area (Å²) in [4.78, 5) is 13.1. The Balaban J connectivity index is 1.77. The van der Waals surface area contributed by atoms with Crippen LogP contribution in [0.1, 0.15) is 48.8 Å². The van der Waals surface area contributed by atoms with Gasteiger partial charge in [-0.05, 0) is 36.3 Å². The molecule has 30 heavy (non-hydrogen) atoms. The molecule has 4 rings (SSSR count). The molecule has 1 fully saturated rings. The minimum atomic E-state index is -2.57. The van der Waals surface area contributed by atoms with Gasteiger partial charge < -0.3 is 5.73 Å². The van der Waals surface area contributed by atoms with Gasteiger partial charge >= 0.3 is 6.55 Å². The lowest BCUT2D eigenvalue weighted by atomic mass is 9.64. The summed E-state index contributed by atoms with van der Waals surface area (Å²) in [6.45, 7) is -0.864. The highest BCUT2D eigenvalue weighted by molar-refractivity contribution is 5.91. The van der Waals surface area contributed by atoms with Crippen molar-refractivity contribution in [2.75, 3.05) is 0 Å². The number of amides is 1. The smallest absolute Gasteiger partial charge is 0.369 e. The Hall–Kier alpha value is -3.02. The first-order valence-electron chi connectivity index (χ1n) is 10.2. The summed E-state index contributed by atoms with van der Waals surface area (Å²) in [5.41, 5.74) is 6.92. The van der Waals surface area contributed by atoms with Crippen LogP contribution in [0.4, 0.5) is 8.78 Å². The van der Waals surface area contributed by atoms with Gasteiger partial charge in [-0.1, -0.05) is 60.7 Å². The van der Waals surface area contributed by atoms with E-state index in [-0.39, 0.29) is 17.9 Å². The third-order valence-electron chi connectivity index (χ3n) is 6.60. The molecule has 2 aromatic carbocycles. The molecule has 156 valence electrons. The molecule has 0 aliphatic heterocycles. The van der Waals surface area contributed by atoms with Crippen LogP contribution in [0.25, 0.3) is 0 Å². The molecule has 0 spiro atoms. The Kier molecular flexibility index (Phi) is 5.41. The lowest BCUT2D eigenvalue weighted by molar-refractivity contribution is -0.727. The second kappa shape index (κ2) is 8.01. The average Bonchev–Trinajstić information content (AvgIpc) is 3.37. The number of halogens is 2. The van der Waals surface area contributed by atoms with E-state index in [0.29, 0.717) is 12.2 Å². The third kappa shape index (κ3) is 3.20. The second-order valence-corrected chi connectivity index (χ2v) is 8.01. The van der Waals surface area contributed by atoms with Crippen LogP contribution in [0, 0.1) is 12.8 Å². The standard InChI is InChI=1S/C24H25F2N3O/c1-17-28(14-15-29(17)23(25)26)21-13-12-20(16-21)24(22(27)30,18-8-4-2-5-9-18)19-10-6-3-7-11-19/h2-11,14-15,20-21,23H,12-13,16H2,1H3,(H-,27,30)/p+1. The van der Waals surface area contributed by atoms with E-state index in [1.54, 1.807) is 13.1 Å². The number of alkyl halides is 2. The normalized spacial score (nSPS) is 19.3. The molecular formula is C24H26F2N3O+. The summed E-state index contributed by atoms with van der Waals surface area (Å²) in [5, 5.41) is 0. The van der Waals surface area contributed by atoms with Gasteiger partial charge in [-0.2, -0.15) is 13.3 Å². The van der Waals surface area contributed by atoms with Crippen molar-refractivity contribution in [2.24, 2.45) is 11.7 Å². The van der Waals surface area contributed by atoms with E-state index in [2.05, 4.69) is 0 Å². The van der Waals surface area contributed by atoms with E-state index >= 15 is 0 Å². The maximum Gasteiger partial charge on any atom is 0.387 e. The number of imidazole rings is 1. The minimum Gasteiger partial charge on any atom is -0.369 e. The molecule has 1 amide bonds. The molecule has 2 atom stereocenters. The van der Waals surface area contributed by atoms with Crippen molar-refractivity contribution in [2.45, 2.75) is 44.2 Å². The van der Waals surface area contributed by atoms with Gasteiger partial charge in [-0.15, -0.1) is 0 Å². The zero-order valence-corrected chi connectivity index (χ0v) is 16.9. The number of aromatic nitrogens is 2. The monoisotopic (exact) mass is 410 g/mol. The molecule has 0 saturated heterocycles. The zero-order chi connectivity index (χ0) is 21.3. The van der Waals surface area contributed by atoms with Gasteiger partial charge in [0.2, 0.25) is 5.91 Å². The highest BCUT2D eigenvalue weighted by atomic mass is 19.3. The molecule has 1 aliphatic carbocycles. The predicted molar refractivity (Wildman–Crippen MR) is 110 cm³/mol. The number of nitrogens with two attached hydrogens (primary N) is 1. The largest absolute Gasteiger partial charge is 0.387 e. The molecule has 6 heteroatoms. The van der Waals surface area contributed by atoms with Gasteiger partial charge in [0.15, 0.2) is 0 Å². The molecule has 1 saturated carbocycles. The molecule has 1 aromatic heterocycles. The molecule has 1 heterocycles. The van der Waals surface area contributed by atoms with Gasteiger partial charge in [0.1, 0.15) is 23.9 Å². The van der Waals surface area contributed by atoms with Crippen molar-refractivity contribution < 1.29 is 18.1 Å². The fraction of sp³-hybridized carbons (Fsp3) is 0.333. The van der Waals surface area contributed by atoms with E-state index < -0.39 is 12.0 Å². The van der Waals surface area contributed by atoms with Crippen LogP contribution in [0.15, 0.2) is 73.1 Å². The van der Waals surface area contributed by atoms with E-state index in [4.69, 9.17) is 5.73 Å². The second-order valence-electron chi connectivity index (χ2n) is 8.01. The fourth-order valence-electron chi connectivity index (χ4n) is 5.21. The number of hydrogen-bond acceptors (Lipinski definition) is 1. The van der Waals surface area contributed by atoms with Gasteiger partial charge in [-0.25, -0.2) is 4.57 Å². The number of primary amides is 1. The number of nitrogens with zero attached hydrogens (tertiary/aromatic N) is 2. The summed E-state index contributed by atoms with van der Waals surface area (Å²) in [6.07, 6.45) is 5.40. The summed E-state index contributed by atoms with van der Waals surface area (Å²) in [6, 6.07) is 19.4.